The second-order valence-electron chi connectivity index (χ2n) is 3.81. The lowest BCUT2D eigenvalue weighted by atomic mass is 10.3. The first kappa shape index (κ1) is 13.8. The van der Waals surface area contributed by atoms with Crippen LogP contribution in [0.5, 0.6) is 5.75 Å². The van der Waals surface area contributed by atoms with E-state index in [4.69, 9.17) is 11.6 Å². The van der Waals surface area contributed by atoms with Gasteiger partial charge in [-0.3, -0.25) is 4.79 Å². The SMILES string of the molecule is O=C(CSc1ccccc1)Nc1cc(Cl)ccc1O. The Morgan fingerprint density at radius 3 is 2.68 bits per heavy atom. The van der Waals surface area contributed by atoms with Crippen molar-refractivity contribution >= 4 is 35.0 Å². The van der Waals surface area contributed by atoms with Crippen LogP contribution in [-0.2, 0) is 4.79 Å². The summed E-state index contributed by atoms with van der Waals surface area (Å²) < 4.78 is 0. The highest BCUT2D eigenvalue weighted by molar-refractivity contribution is 8.00. The molecular formula is C14H12ClNO2S. The third-order valence-electron chi connectivity index (χ3n) is 2.35. The van der Waals surface area contributed by atoms with Gasteiger partial charge in [0, 0.05) is 9.92 Å². The molecule has 0 saturated carbocycles. The second kappa shape index (κ2) is 6.50. The summed E-state index contributed by atoms with van der Waals surface area (Å²) in [4.78, 5) is 12.8. The van der Waals surface area contributed by atoms with E-state index in [-0.39, 0.29) is 17.4 Å². The van der Waals surface area contributed by atoms with E-state index in [0.29, 0.717) is 10.7 Å². The first-order valence-electron chi connectivity index (χ1n) is 5.61. The Bertz CT molecular complexity index is 575. The molecular weight excluding hydrogens is 282 g/mol. The van der Waals surface area contributed by atoms with Gasteiger partial charge in [0.05, 0.1) is 11.4 Å². The van der Waals surface area contributed by atoms with Crippen molar-refractivity contribution in [2.75, 3.05) is 11.1 Å². The average molecular weight is 294 g/mol. The molecule has 0 unspecified atom stereocenters. The molecule has 2 N–H and O–H groups in total. The Labute approximate surface area is 120 Å². The number of carbonyl (C=O) groups excluding carboxylic acids is 1. The molecule has 1 amide bonds. The summed E-state index contributed by atoms with van der Waals surface area (Å²) >= 11 is 7.24. The Hall–Kier alpha value is -1.65. The van der Waals surface area contributed by atoms with E-state index >= 15 is 0 Å². The molecule has 5 heteroatoms. The van der Waals surface area contributed by atoms with Crippen molar-refractivity contribution in [3.8, 4) is 5.75 Å². The van der Waals surface area contributed by atoms with E-state index in [1.165, 1.54) is 23.9 Å². The van der Waals surface area contributed by atoms with Crippen LogP contribution < -0.4 is 5.32 Å². The van der Waals surface area contributed by atoms with Crippen molar-refractivity contribution in [1.29, 1.82) is 0 Å². The molecule has 0 radical (unpaired) electrons. The van der Waals surface area contributed by atoms with Crippen LogP contribution in [0.4, 0.5) is 5.69 Å². The van der Waals surface area contributed by atoms with Crippen molar-refractivity contribution < 1.29 is 9.90 Å². The van der Waals surface area contributed by atoms with Crippen LogP contribution in [0.2, 0.25) is 5.02 Å². The van der Waals surface area contributed by atoms with Crippen molar-refractivity contribution in [2.45, 2.75) is 4.90 Å². The lowest BCUT2D eigenvalue weighted by molar-refractivity contribution is -0.113. The molecule has 0 atom stereocenters. The molecule has 0 aliphatic rings. The number of halogens is 1. The molecule has 0 fully saturated rings. The van der Waals surface area contributed by atoms with Gasteiger partial charge in [-0.25, -0.2) is 0 Å². The molecule has 0 aromatic heterocycles. The first-order valence-corrected chi connectivity index (χ1v) is 6.98. The maximum Gasteiger partial charge on any atom is 0.234 e. The Morgan fingerprint density at radius 1 is 1.21 bits per heavy atom. The third kappa shape index (κ3) is 4.19. The van der Waals surface area contributed by atoms with E-state index < -0.39 is 0 Å². The van der Waals surface area contributed by atoms with E-state index in [1.807, 2.05) is 30.3 Å². The zero-order valence-corrected chi connectivity index (χ0v) is 11.5. The molecule has 0 bridgehead atoms. The smallest absolute Gasteiger partial charge is 0.234 e. The fourth-order valence-corrected chi connectivity index (χ4v) is 2.35. The third-order valence-corrected chi connectivity index (χ3v) is 3.59. The predicted molar refractivity (Wildman–Crippen MR) is 78.9 cm³/mol. The Kier molecular flexibility index (Phi) is 4.71. The molecule has 2 aromatic carbocycles. The van der Waals surface area contributed by atoms with Gasteiger partial charge in [0.15, 0.2) is 0 Å². The number of amides is 1. The van der Waals surface area contributed by atoms with Gasteiger partial charge in [0.1, 0.15) is 5.75 Å². The number of benzene rings is 2. The number of thioether (sulfide) groups is 1. The molecule has 2 aromatic rings. The highest BCUT2D eigenvalue weighted by Gasteiger charge is 2.07. The van der Waals surface area contributed by atoms with Crippen LogP contribution >= 0.6 is 23.4 Å². The summed E-state index contributed by atoms with van der Waals surface area (Å²) in [6.45, 7) is 0. The minimum absolute atomic E-state index is 0.00228. The fraction of sp³-hybridized carbons (Fsp3) is 0.0714. The number of carbonyl (C=O) groups is 1. The van der Waals surface area contributed by atoms with E-state index in [0.717, 1.165) is 4.90 Å². The fourth-order valence-electron chi connectivity index (χ4n) is 1.46. The molecule has 98 valence electrons. The van der Waals surface area contributed by atoms with Gasteiger partial charge >= 0.3 is 0 Å². The maximum atomic E-state index is 11.8. The largest absolute Gasteiger partial charge is 0.506 e. The zero-order chi connectivity index (χ0) is 13.7. The van der Waals surface area contributed by atoms with Gasteiger partial charge in [0.2, 0.25) is 5.91 Å². The number of aromatic hydroxyl groups is 1. The van der Waals surface area contributed by atoms with Crippen LogP contribution in [0.1, 0.15) is 0 Å². The van der Waals surface area contributed by atoms with Crippen molar-refractivity contribution in [1.82, 2.24) is 0 Å². The topological polar surface area (TPSA) is 49.3 Å². The number of nitrogens with one attached hydrogen (secondary N) is 1. The van der Waals surface area contributed by atoms with Crippen LogP contribution in [0.25, 0.3) is 0 Å². The predicted octanol–water partition coefficient (Wildman–Crippen LogP) is 3.78. The summed E-state index contributed by atoms with van der Waals surface area (Å²) in [5, 5.41) is 12.7. The molecule has 0 spiro atoms. The summed E-state index contributed by atoms with van der Waals surface area (Å²) in [6.07, 6.45) is 0. The monoisotopic (exact) mass is 293 g/mol. The minimum Gasteiger partial charge on any atom is -0.506 e. The highest BCUT2D eigenvalue weighted by atomic mass is 35.5. The number of hydrogen-bond acceptors (Lipinski definition) is 3. The molecule has 3 nitrogen and oxygen atoms in total. The standard InChI is InChI=1S/C14H12ClNO2S/c15-10-6-7-13(17)12(8-10)16-14(18)9-19-11-4-2-1-3-5-11/h1-8,17H,9H2,(H,16,18). The number of phenolic OH excluding ortho intramolecular Hbond substituents is 1. The first-order chi connectivity index (χ1) is 9.15. The zero-order valence-electron chi connectivity index (χ0n) is 9.97. The molecule has 0 heterocycles. The van der Waals surface area contributed by atoms with Crippen LogP contribution in [0.3, 0.4) is 0 Å². The molecule has 19 heavy (non-hydrogen) atoms. The van der Waals surface area contributed by atoms with E-state index in [2.05, 4.69) is 5.32 Å². The summed E-state index contributed by atoms with van der Waals surface area (Å²) in [6, 6.07) is 14.2. The van der Waals surface area contributed by atoms with Crippen LogP contribution in [0.15, 0.2) is 53.4 Å². The summed E-state index contributed by atoms with van der Waals surface area (Å²) in [5.74, 6) is 0.0876. The van der Waals surface area contributed by atoms with Crippen LogP contribution in [-0.4, -0.2) is 16.8 Å². The molecule has 0 aliphatic heterocycles. The second-order valence-corrected chi connectivity index (χ2v) is 5.30. The Balaban J connectivity index is 1.93. The van der Waals surface area contributed by atoms with Gasteiger partial charge in [-0.05, 0) is 30.3 Å². The van der Waals surface area contributed by atoms with Gasteiger partial charge in [0.25, 0.3) is 0 Å². The normalized spacial score (nSPS) is 10.2. The molecule has 2 rings (SSSR count). The lowest BCUT2D eigenvalue weighted by Gasteiger charge is -2.07. The number of anilines is 1. The van der Waals surface area contributed by atoms with E-state index in [1.54, 1.807) is 6.07 Å². The number of phenols is 1. The maximum absolute atomic E-state index is 11.8. The van der Waals surface area contributed by atoms with Gasteiger partial charge in [-0.1, -0.05) is 29.8 Å². The summed E-state index contributed by atoms with van der Waals surface area (Å²) in [5.41, 5.74) is 0.325. The summed E-state index contributed by atoms with van der Waals surface area (Å²) in [7, 11) is 0. The highest BCUT2D eigenvalue weighted by Crippen LogP contribution is 2.27. The van der Waals surface area contributed by atoms with Gasteiger partial charge in [-0.15, -0.1) is 11.8 Å². The molecule has 0 saturated heterocycles. The van der Waals surface area contributed by atoms with Crippen LogP contribution in [0, 0.1) is 0 Å². The van der Waals surface area contributed by atoms with Crippen molar-refractivity contribution in [3.05, 3.63) is 53.6 Å². The number of hydrogen-bond donors (Lipinski definition) is 2. The van der Waals surface area contributed by atoms with Gasteiger partial charge < -0.3 is 10.4 Å². The minimum atomic E-state index is -0.189. The van der Waals surface area contributed by atoms with Crippen molar-refractivity contribution in [3.63, 3.8) is 0 Å². The molecule has 0 aliphatic carbocycles. The Morgan fingerprint density at radius 2 is 1.95 bits per heavy atom. The average Bonchev–Trinajstić information content (AvgIpc) is 2.42. The number of rotatable bonds is 4. The van der Waals surface area contributed by atoms with Gasteiger partial charge in [-0.2, -0.15) is 0 Å². The van der Waals surface area contributed by atoms with E-state index in [9.17, 15) is 9.90 Å². The lowest BCUT2D eigenvalue weighted by Crippen LogP contribution is -2.14. The quantitative estimate of drug-likeness (QED) is 0.666. The van der Waals surface area contributed by atoms with Crippen molar-refractivity contribution in [2.24, 2.45) is 0 Å².